The Morgan fingerprint density at radius 1 is 1.06 bits per heavy atom. The summed E-state index contributed by atoms with van der Waals surface area (Å²) in [6.45, 7) is 4.09. The minimum absolute atomic E-state index is 0.154. The third-order valence-electron chi connectivity index (χ3n) is 7.60. The van der Waals surface area contributed by atoms with Crippen molar-refractivity contribution in [3.05, 3.63) is 71.7 Å². The maximum Gasteiger partial charge on any atom is 0.229 e. The number of fused-ring (bicyclic) bond motifs is 1. The predicted octanol–water partition coefficient (Wildman–Crippen LogP) is 4.54. The summed E-state index contributed by atoms with van der Waals surface area (Å²) in [6.07, 6.45) is 4.48. The first-order valence-corrected chi connectivity index (χ1v) is 12.3. The largest absolute Gasteiger partial charge is 0.464 e. The van der Waals surface area contributed by atoms with Gasteiger partial charge in [-0.2, -0.15) is 0 Å². The van der Waals surface area contributed by atoms with Crippen molar-refractivity contribution >= 4 is 16.9 Å². The van der Waals surface area contributed by atoms with E-state index in [0.29, 0.717) is 38.3 Å². The van der Waals surface area contributed by atoms with Gasteiger partial charge >= 0.3 is 0 Å². The Morgan fingerprint density at radius 3 is 2.68 bits per heavy atom. The number of piperidine rings is 1. The van der Waals surface area contributed by atoms with Gasteiger partial charge in [-0.25, -0.2) is 4.39 Å². The molecule has 5 rings (SSSR count). The zero-order valence-electron chi connectivity index (χ0n) is 19.8. The SMILES string of the molecule is CN1CCC(Cc2ccccc2F)(C(=O)N2CCOCC(Cc3cccc4occc34)C2)CC1. The summed E-state index contributed by atoms with van der Waals surface area (Å²) < 4.78 is 26.1. The number of furan rings is 1. The summed E-state index contributed by atoms with van der Waals surface area (Å²) in [5.74, 6) is 0.128. The first kappa shape index (κ1) is 23.1. The molecule has 0 aliphatic carbocycles. The molecule has 2 fully saturated rings. The van der Waals surface area contributed by atoms with Gasteiger partial charge in [0.2, 0.25) is 5.91 Å². The summed E-state index contributed by atoms with van der Waals surface area (Å²) in [4.78, 5) is 18.4. The minimum atomic E-state index is -0.575. The number of hydrogen-bond donors (Lipinski definition) is 0. The van der Waals surface area contributed by atoms with Gasteiger partial charge in [-0.3, -0.25) is 4.79 Å². The smallest absolute Gasteiger partial charge is 0.229 e. The molecule has 3 aromatic rings. The van der Waals surface area contributed by atoms with Gasteiger partial charge in [0.05, 0.1) is 24.9 Å². The van der Waals surface area contributed by atoms with Crippen molar-refractivity contribution in [2.24, 2.45) is 11.3 Å². The Balaban J connectivity index is 1.37. The van der Waals surface area contributed by atoms with Gasteiger partial charge in [-0.15, -0.1) is 0 Å². The Hall–Kier alpha value is -2.70. The number of amides is 1. The molecule has 0 spiro atoms. The van der Waals surface area contributed by atoms with E-state index in [0.717, 1.165) is 43.3 Å². The quantitative estimate of drug-likeness (QED) is 0.556. The lowest BCUT2D eigenvalue weighted by molar-refractivity contribution is -0.145. The van der Waals surface area contributed by atoms with E-state index in [1.807, 2.05) is 35.2 Å². The molecule has 5 nitrogen and oxygen atoms in total. The number of halogens is 1. The second kappa shape index (κ2) is 9.88. The molecule has 1 aromatic heterocycles. The molecule has 0 bridgehead atoms. The molecule has 1 unspecified atom stereocenters. The Bertz CT molecular complexity index is 1140. The molecule has 0 saturated carbocycles. The van der Waals surface area contributed by atoms with Gasteiger partial charge in [-0.05, 0) is 75.1 Å². The molecule has 3 heterocycles. The van der Waals surface area contributed by atoms with E-state index in [1.54, 1.807) is 12.3 Å². The van der Waals surface area contributed by atoms with E-state index in [9.17, 15) is 9.18 Å². The normalized spacial score (nSPS) is 21.5. The van der Waals surface area contributed by atoms with Crippen LogP contribution in [0.3, 0.4) is 0 Å². The van der Waals surface area contributed by atoms with Crippen molar-refractivity contribution in [3.63, 3.8) is 0 Å². The maximum atomic E-state index is 14.6. The van der Waals surface area contributed by atoms with Crippen LogP contribution in [0.2, 0.25) is 0 Å². The van der Waals surface area contributed by atoms with Crippen LogP contribution in [0.1, 0.15) is 24.0 Å². The van der Waals surface area contributed by atoms with Gasteiger partial charge in [-0.1, -0.05) is 30.3 Å². The van der Waals surface area contributed by atoms with Crippen molar-refractivity contribution < 1.29 is 18.3 Å². The predicted molar refractivity (Wildman–Crippen MR) is 130 cm³/mol. The number of carbonyl (C=O) groups is 1. The Morgan fingerprint density at radius 2 is 1.85 bits per heavy atom. The van der Waals surface area contributed by atoms with Crippen LogP contribution in [-0.2, 0) is 22.4 Å². The summed E-state index contributed by atoms with van der Waals surface area (Å²) in [5, 5.41) is 1.12. The number of likely N-dealkylation sites (tertiary alicyclic amines) is 1. The van der Waals surface area contributed by atoms with E-state index < -0.39 is 5.41 Å². The highest BCUT2D eigenvalue weighted by Crippen LogP contribution is 2.38. The van der Waals surface area contributed by atoms with E-state index in [-0.39, 0.29) is 17.6 Å². The fourth-order valence-corrected chi connectivity index (χ4v) is 5.59. The summed E-state index contributed by atoms with van der Waals surface area (Å²) in [6, 6.07) is 15.0. The van der Waals surface area contributed by atoms with Crippen LogP contribution in [0.15, 0.2) is 59.2 Å². The van der Waals surface area contributed by atoms with Crippen LogP contribution in [0.4, 0.5) is 4.39 Å². The lowest BCUT2D eigenvalue weighted by atomic mass is 9.72. The first-order valence-electron chi connectivity index (χ1n) is 12.3. The van der Waals surface area contributed by atoms with Gasteiger partial charge in [0, 0.05) is 24.4 Å². The topological polar surface area (TPSA) is 45.9 Å². The summed E-state index contributed by atoms with van der Waals surface area (Å²) in [7, 11) is 2.09. The van der Waals surface area contributed by atoms with Crippen molar-refractivity contribution in [1.29, 1.82) is 0 Å². The van der Waals surface area contributed by atoms with Crippen LogP contribution >= 0.6 is 0 Å². The lowest BCUT2D eigenvalue weighted by Crippen LogP contribution is -2.52. The molecule has 180 valence electrons. The molecule has 2 aromatic carbocycles. The fourth-order valence-electron chi connectivity index (χ4n) is 5.59. The number of ether oxygens (including phenoxy) is 1. The van der Waals surface area contributed by atoms with E-state index in [1.165, 1.54) is 11.6 Å². The lowest BCUT2D eigenvalue weighted by Gasteiger charge is -2.42. The van der Waals surface area contributed by atoms with Crippen molar-refractivity contribution in [2.45, 2.75) is 25.7 Å². The highest BCUT2D eigenvalue weighted by Gasteiger charge is 2.44. The number of rotatable bonds is 5. The highest BCUT2D eigenvalue weighted by molar-refractivity contribution is 5.83. The van der Waals surface area contributed by atoms with Gasteiger partial charge in [0.15, 0.2) is 0 Å². The van der Waals surface area contributed by atoms with Gasteiger partial charge in [0.25, 0.3) is 0 Å². The van der Waals surface area contributed by atoms with E-state index >= 15 is 0 Å². The summed E-state index contributed by atoms with van der Waals surface area (Å²) in [5.41, 5.74) is 2.16. The van der Waals surface area contributed by atoms with Crippen LogP contribution < -0.4 is 0 Å². The van der Waals surface area contributed by atoms with Gasteiger partial charge in [0.1, 0.15) is 11.4 Å². The van der Waals surface area contributed by atoms with Crippen LogP contribution in [0.5, 0.6) is 0 Å². The standard InChI is InChI=1S/C28H33FN2O3/c1-30-12-10-28(11-13-30,18-23-5-2-3-7-25(23)29)27(32)31-14-16-33-20-21(19-31)17-22-6-4-8-26-24(22)9-15-34-26/h2-9,15,21H,10-14,16-20H2,1H3. The Kier molecular flexibility index (Phi) is 6.70. The van der Waals surface area contributed by atoms with Crippen molar-refractivity contribution in [3.8, 4) is 0 Å². The average Bonchev–Trinajstić information content (AvgIpc) is 3.22. The second-order valence-corrected chi connectivity index (χ2v) is 10.00. The molecule has 2 saturated heterocycles. The second-order valence-electron chi connectivity index (χ2n) is 10.00. The van der Waals surface area contributed by atoms with Crippen molar-refractivity contribution in [1.82, 2.24) is 9.80 Å². The van der Waals surface area contributed by atoms with Crippen molar-refractivity contribution in [2.75, 3.05) is 46.4 Å². The molecule has 1 amide bonds. The summed E-state index contributed by atoms with van der Waals surface area (Å²) >= 11 is 0. The fraction of sp³-hybridized carbons (Fsp3) is 0.464. The monoisotopic (exact) mass is 464 g/mol. The third kappa shape index (κ3) is 4.75. The number of benzene rings is 2. The van der Waals surface area contributed by atoms with Crippen LogP contribution in [-0.4, -0.2) is 62.1 Å². The zero-order valence-corrected chi connectivity index (χ0v) is 19.8. The molecule has 2 aliphatic rings. The number of nitrogens with zero attached hydrogens (tertiary/aromatic N) is 2. The van der Waals surface area contributed by atoms with E-state index in [4.69, 9.17) is 9.15 Å². The highest BCUT2D eigenvalue weighted by atomic mass is 19.1. The third-order valence-corrected chi connectivity index (χ3v) is 7.60. The number of hydrogen-bond acceptors (Lipinski definition) is 4. The molecule has 0 N–H and O–H groups in total. The van der Waals surface area contributed by atoms with Gasteiger partial charge < -0.3 is 19.0 Å². The maximum absolute atomic E-state index is 14.6. The molecule has 0 radical (unpaired) electrons. The molecular formula is C28H33FN2O3. The van der Waals surface area contributed by atoms with Crippen LogP contribution in [0.25, 0.3) is 11.0 Å². The average molecular weight is 465 g/mol. The molecular weight excluding hydrogens is 431 g/mol. The van der Waals surface area contributed by atoms with E-state index in [2.05, 4.69) is 18.0 Å². The molecule has 1 atom stereocenters. The first-order chi connectivity index (χ1) is 16.5. The minimum Gasteiger partial charge on any atom is -0.464 e. The molecule has 2 aliphatic heterocycles. The zero-order chi connectivity index (χ0) is 23.5. The number of carbonyl (C=O) groups excluding carboxylic acids is 1. The molecule has 34 heavy (non-hydrogen) atoms. The molecule has 6 heteroatoms. The van der Waals surface area contributed by atoms with Crippen LogP contribution in [0, 0.1) is 17.2 Å². The Labute approximate surface area is 200 Å².